The van der Waals surface area contributed by atoms with Crippen molar-refractivity contribution >= 4 is 5.91 Å². The maximum absolute atomic E-state index is 11.6. The number of carbonyl (C=O) groups is 1. The second kappa shape index (κ2) is 4.49. The summed E-state index contributed by atoms with van der Waals surface area (Å²) in [5.41, 5.74) is -0.635. The summed E-state index contributed by atoms with van der Waals surface area (Å²) in [5.74, 6) is -0.0602. The lowest BCUT2D eigenvalue weighted by molar-refractivity contribution is -0.137. The van der Waals surface area contributed by atoms with Crippen LogP contribution in [0.3, 0.4) is 0 Å². The van der Waals surface area contributed by atoms with E-state index < -0.39 is 5.60 Å². The van der Waals surface area contributed by atoms with Crippen molar-refractivity contribution in [2.75, 3.05) is 13.2 Å². The summed E-state index contributed by atoms with van der Waals surface area (Å²) in [6.45, 7) is 1.06. The Morgan fingerprint density at radius 2 is 2.20 bits per heavy atom. The Kier molecular flexibility index (Phi) is 3.26. The molecule has 2 rings (SSSR count). The minimum atomic E-state index is -0.635. The molecule has 1 saturated carbocycles. The Morgan fingerprint density at radius 1 is 1.40 bits per heavy atom. The molecule has 1 atom stereocenters. The second-order valence-electron chi connectivity index (χ2n) is 4.65. The third-order valence-corrected chi connectivity index (χ3v) is 3.35. The van der Waals surface area contributed by atoms with Crippen molar-refractivity contribution in [2.24, 2.45) is 0 Å². The normalized spacial score (nSPS) is 29.3. The Morgan fingerprint density at radius 3 is 2.73 bits per heavy atom. The molecule has 1 heterocycles. The molecule has 1 amide bonds. The van der Waals surface area contributed by atoms with E-state index in [1.807, 2.05) is 0 Å². The molecule has 0 bridgehead atoms. The number of carbonyl (C=O) groups excluding carboxylic acids is 1. The molecule has 2 aliphatic rings. The predicted octanol–water partition coefficient (Wildman–Crippen LogP) is 0.587. The molecule has 0 aromatic carbocycles. The smallest absolute Gasteiger partial charge is 0.249 e. The van der Waals surface area contributed by atoms with Gasteiger partial charge in [-0.25, -0.2) is 0 Å². The summed E-state index contributed by atoms with van der Waals surface area (Å²) in [7, 11) is 0. The molecule has 0 spiro atoms. The van der Waals surface area contributed by atoms with Gasteiger partial charge in [-0.05, 0) is 38.5 Å². The summed E-state index contributed by atoms with van der Waals surface area (Å²) in [5, 5.41) is 12.6. The van der Waals surface area contributed by atoms with Crippen LogP contribution in [0.5, 0.6) is 0 Å². The van der Waals surface area contributed by atoms with Crippen LogP contribution in [0, 0.1) is 0 Å². The first-order chi connectivity index (χ1) is 7.20. The Bertz CT molecular complexity index is 232. The third-order valence-electron chi connectivity index (χ3n) is 3.35. The van der Waals surface area contributed by atoms with Crippen molar-refractivity contribution in [3.8, 4) is 0 Å². The largest absolute Gasteiger partial charge is 0.388 e. The lowest BCUT2D eigenvalue weighted by Crippen LogP contribution is -2.50. The molecule has 0 aromatic rings. The van der Waals surface area contributed by atoms with Gasteiger partial charge in [-0.2, -0.15) is 0 Å². The molecule has 15 heavy (non-hydrogen) atoms. The number of ether oxygens (including phenoxy) is 1. The predicted molar refractivity (Wildman–Crippen MR) is 55.4 cm³/mol. The molecule has 86 valence electrons. The first-order valence-corrected chi connectivity index (χ1v) is 5.81. The minimum Gasteiger partial charge on any atom is -0.388 e. The van der Waals surface area contributed by atoms with Crippen LogP contribution in [0.15, 0.2) is 0 Å². The molecule has 4 heteroatoms. The van der Waals surface area contributed by atoms with E-state index in [9.17, 15) is 9.90 Å². The lowest BCUT2D eigenvalue weighted by atomic mass is 9.80. The fraction of sp³-hybridized carbons (Fsp3) is 0.909. The van der Waals surface area contributed by atoms with Crippen LogP contribution < -0.4 is 5.32 Å². The summed E-state index contributed by atoms with van der Waals surface area (Å²) < 4.78 is 5.36. The first-order valence-electron chi connectivity index (χ1n) is 5.81. The zero-order valence-corrected chi connectivity index (χ0v) is 9.00. The molecule has 4 nitrogen and oxygen atoms in total. The summed E-state index contributed by atoms with van der Waals surface area (Å²) in [6.07, 6.45) is 5.30. The number of amides is 1. The van der Waals surface area contributed by atoms with E-state index in [4.69, 9.17) is 4.74 Å². The van der Waals surface area contributed by atoms with Crippen molar-refractivity contribution in [3.05, 3.63) is 0 Å². The fourth-order valence-corrected chi connectivity index (χ4v) is 2.07. The molecule has 1 unspecified atom stereocenters. The fourth-order valence-electron chi connectivity index (χ4n) is 2.07. The molecule has 2 fully saturated rings. The Balaban J connectivity index is 1.71. The van der Waals surface area contributed by atoms with Crippen molar-refractivity contribution in [3.63, 3.8) is 0 Å². The van der Waals surface area contributed by atoms with E-state index >= 15 is 0 Å². The summed E-state index contributed by atoms with van der Waals surface area (Å²) in [6, 6.07) is 0. The Labute approximate surface area is 90.0 Å². The van der Waals surface area contributed by atoms with E-state index in [2.05, 4.69) is 5.32 Å². The van der Waals surface area contributed by atoms with Crippen LogP contribution in [-0.4, -0.2) is 35.9 Å². The minimum absolute atomic E-state index is 0.0602. The molecule has 0 aromatic heterocycles. The van der Waals surface area contributed by atoms with Gasteiger partial charge in [0.2, 0.25) is 5.91 Å². The highest BCUT2D eigenvalue weighted by atomic mass is 16.5. The van der Waals surface area contributed by atoms with Crippen molar-refractivity contribution < 1.29 is 14.6 Å². The number of hydrogen-bond acceptors (Lipinski definition) is 3. The highest BCUT2D eigenvalue weighted by Crippen LogP contribution is 2.30. The van der Waals surface area contributed by atoms with Crippen molar-refractivity contribution in [1.82, 2.24) is 5.32 Å². The van der Waals surface area contributed by atoms with Gasteiger partial charge in [-0.15, -0.1) is 0 Å². The first kappa shape index (κ1) is 10.9. The van der Waals surface area contributed by atoms with Crippen LogP contribution in [0.4, 0.5) is 0 Å². The van der Waals surface area contributed by atoms with Gasteiger partial charge in [0, 0.05) is 13.2 Å². The number of rotatable bonds is 3. The third kappa shape index (κ3) is 2.69. The van der Waals surface area contributed by atoms with E-state index in [0.717, 1.165) is 38.5 Å². The van der Waals surface area contributed by atoms with E-state index in [1.54, 1.807) is 0 Å². The molecule has 1 aliphatic carbocycles. The van der Waals surface area contributed by atoms with Gasteiger partial charge in [0.1, 0.15) is 6.10 Å². The van der Waals surface area contributed by atoms with Crippen LogP contribution in [0.25, 0.3) is 0 Å². The average Bonchev–Trinajstić information content (AvgIpc) is 2.24. The van der Waals surface area contributed by atoms with E-state index in [-0.39, 0.29) is 12.0 Å². The van der Waals surface area contributed by atoms with Crippen LogP contribution in [-0.2, 0) is 9.53 Å². The van der Waals surface area contributed by atoms with E-state index in [0.29, 0.717) is 13.2 Å². The van der Waals surface area contributed by atoms with Crippen molar-refractivity contribution in [1.29, 1.82) is 0 Å². The standard InChI is InChI=1S/C11H19NO3/c13-10(9-4-1-2-7-15-9)12-8-11(14)5-3-6-11/h9,14H,1-8H2,(H,12,13). The SMILES string of the molecule is O=C(NCC1(O)CCC1)C1CCCCO1. The second-order valence-corrected chi connectivity index (χ2v) is 4.65. The van der Waals surface area contributed by atoms with Crippen molar-refractivity contribution in [2.45, 2.75) is 50.2 Å². The van der Waals surface area contributed by atoms with Crippen LogP contribution in [0.2, 0.25) is 0 Å². The number of hydrogen-bond donors (Lipinski definition) is 2. The number of aliphatic hydroxyl groups is 1. The van der Waals surface area contributed by atoms with Crippen LogP contribution >= 0.6 is 0 Å². The van der Waals surface area contributed by atoms with Gasteiger partial charge in [0.25, 0.3) is 0 Å². The van der Waals surface area contributed by atoms with E-state index in [1.165, 1.54) is 0 Å². The maximum atomic E-state index is 11.6. The average molecular weight is 213 g/mol. The Hall–Kier alpha value is -0.610. The zero-order chi connectivity index (χ0) is 10.7. The van der Waals surface area contributed by atoms with Crippen LogP contribution in [0.1, 0.15) is 38.5 Å². The van der Waals surface area contributed by atoms with Gasteiger partial charge in [0.15, 0.2) is 0 Å². The summed E-state index contributed by atoms with van der Waals surface area (Å²) >= 11 is 0. The maximum Gasteiger partial charge on any atom is 0.249 e. The molecule has 1 saturated heterocycles. The van der Waals surface area contributed by atoms with Gasteiger partial charge < -0.3 is 15.2 Å². The quantitative estimate of drug-likeness (QED) is 0.721. The highest BCUT2D eigenvalue weighted by molar-refractivity contribution is 5.80. The molecule has 1 aliphatic heterocycles. The topological polar surface area (TPSA) is 58.6 Å². The molecular weight excluding hydrogens is 194 g/mol. The van der Waals surface area contributed by atoms with Gasteiger partial charge in [-0.3, -0.25) is 4.79 Å². The molecule has 2 N–H and O–H groups in total. The summed E-state index contributed by atoms with van der Waals surface area (Å²) in [4.78, 5) is 11.6. The van der Waals surface area contributed by atoms with Gasteiger partial charge in [0.05, 0.1) is 5.60 Å². The molecular formula is C11H19NO3. The van der Waals surface area contributed by atoms with Gasteiger partial charge >= 0.3 is 0 Å². The molecule has 0 radical (unpaired) electrons. The highest BCUT2D eigenvalue weighted by Gasteiger charge is 2.35. The van der Waals surface area contributed by atoms with Gasteiger partial charge in [-0.1, -0.05) is 0 Å². The lowest BCUT2D eigenvalue weighted by Gasteiger charge is -2.37. The number of nitrogens with one attached hydrogen (secondary N) is 1. The monoisotopic (exact) mass is 213 g/mol. The zero-order valence-electron chi connectivity index (χ0n) is 9.00.